The molecule has 0 spiro atoms. The van der Waals surface area contributed by atoms with E-state index >= 15 is 0 Å². The van der Waals surface area contributed by atoms with E-state index in [1.807, 2.05) is 6.08 Å². The van der Waals surface area contributed by atoms with Crippen molar-refractivity contribution in [1.29, 1.82) is 0 Å². The molecule has 14 heavy (non-hydrogen) atoms. The summed E-state index contributed by atoms with van der Waals surface area (Å²) in [5, 5.41) is 0. The van der Waals surface area contributed by atoms with E-state index in [1.54, 1.807) is 0 Å². The predicted molar refractivity (Wildman–Crippen MR) is 58.2 cm³/mol. The highest BCUT2D eigenvalue weighted by Gasteiger charge is 2.53. The Balaban J connectivity index is 2.07. The maximum atomic E-state index is 7.63. The van der Waals surface area contributed by atoms with Crippen molar-refractivity contribution in [2.75, 3.05) is 0 Å². The summed E-state index contributed by atoms with van der Waals surface area (Å²) in [5.74, 6) is 0.244. The van der Waals surface area contributed by atoms with Gasteiger partial charge in [-0.25, -0.2) is 0 Å². The van der Waals surface area contributed by atoms with Gasteiger partial charge in [0, 0.05) is 7.19 Å². The van der Waals surface area contributed by atoms with Crippen molar-refractivity contribution in [2.45, 2.75) is 57.5 Å². The largest absolute Gasteiger partial charge is 0.465 e. The van der Waals surface area contributed by atoms with Crippen molar-refractivity contribution in [1.82, 2.24) is 0 Å². The molecule has 2 atom stereocenters. The molecule has 78 valence electrons. The Morgan fingerprint density at radius 3 is 2.29 bits per heavy atom. The third-order valence-electron chi connectivity index (χ3n) is 3.52. The first-order valence-electron chi connectivity index (χ1n) is 5.86. The molecule has 0 aromatic rings. The summed E-state index contributed by atoms with van der Waals surface area (Å²) in [4.78, 5) is 0. The van der Waals surface area contributed by atoms with Crippen LogP contribution in [0.2, 0.25) is 5.82 Å². The molecule has 0 aromatic carbocycles. The number of hydrogen-bond acceptors (Lipinski definition) is 2. The Bertz CT molecular complexity index is 272. The van der Waals surface area contributed by atoms with Gasteiger partial charge in [-0.2, -0.15) is 0 Å². The first-order valence-corrected chi connectivity index (χ1v) is 5.28. The molecule has 2 rings (SSSR count). The molecule has 1 heterocycles. The molecule has 2 aliphatic rings. The van der Waals surface area contributed by atoms with Crippen LogP contribution in [0.4, 0.5) is 0 Å². The van der Waals surface area contributed by atoms with Crippen molar-refractivity contribution in [3.63, 3.8) is 0 Å². The zero-order valence-corrected chi connectivity index (χ0v) is 9.41. The minimum Gasteiger partial charge on any atom is -0.403 e. The maximum absolute atomic E-state index is 7.63. The molecule has 1 saturated heterocycles. The monoisotopic (exact) mass is 195 g/mol. The number of allylic oxidation sites excluding steroid dienone is 2. The van der Waals surface area contributed by atoms with Gasteiger partial charge < -0.3 is 9.31 Å². The smallest absolute Gasteiger partial charge is 0.403 e. The van der Waals surface area contributed by atoms with Crippen molar-refractivity contribution in [3.8, 4) is 0 Å². The molecule has 2 nitrogen and oxygen atoms in total. The molecule has 1 aliphatic heterocycles. The molecule has 0 aromatic heterocycles. The Kier molecular flexibility index (Phi) is 2.00. The van der Waals surface area contributed by atoms with Crippen LogP contribution in [0, 0.1) is 0 Å². The molecule has 0 radical (unpaired) electrons. The second-order valence-corrected chi connectivity index (χ2v) is 5.14. The fourth-order valence-electron chi connectivity index (χ4n) is 1.80. The Hall–Kier alpha value is -0.275. The molecular weight excluding hydrogens is 175 g/mol. The average molecular weight is 195 g/mol. The van der Waals surface area contributed by atoms with E-state index < -0.39 is 0 Å². The standard InChI is InChI=1S/C11H19BO2/c1-10(2)11(3,4)14-12(13-10)9-7-5-6-8-9/h5,7,9H,6,8H2,1-4H3/t9-/m1/s1/i6D/t6-,9+/m0. The summed E-state index contributed by atoms with van der Waals surface area (Å²) in [6, 6.07) is 0. The van der Waals surface area contributed by atoms with Gasteiger partial charge in [0.2, 0.25) is 0 Å². The van der Waals surface area contributed by atoms with E-state index in [0.717, 1.165) is 6.42 Å². The second-order valence-electron chi connectivity index (χ2n) is 5.14. The van der Waals surface area contributed by atoms with Gasteiger partial charge >= 0.3 is 7.12 Å². The van der Waals surface area contributed by atoms with Crippen LogP contribution in [0.1, 0.15) is 41.9 Å². The third-order valence-corrected chi connectivity index (χ3v) is 3.52. The van der Waals surface area contributed by atoms with Gasteiger partial charge in [-0.3, -0.25) is 0 Å². The van der Waals surface area contributed by atoms with Crippen LogP contribution < -0.4 is 0 Å². The number of rotatable bonds is 1. The Morgan fingerprint density at radius 2 is 1.86 bits per heavy atom. The molecule has 0 N–H and O–H groups in total. The van der Waals surface area contributed by atoms with E-state index in [1.165, 1.54) is 0 Å². The summed E-state index contributed by atoms with van der Waals surface area (Å²) in [6.07, 6.45) is 4.71. The van der Waals surface area contributed by atoms with E-state index in [9.17, 15) is 0 Å². The second kappa shape index (κ2) is 3.11. The molecule has 0 saturated carbocycles. The highest BCUT2D eigenvalue weighted by molar-refractivity contribution is 6.48. The van der Waals surface area contributed by atoms with E-state index in [4.69, 9.17) is 10.7 Å². The van der Waals surface area contributed by atoms with E-state index in [2.05, 4.69) is 33.8 Å². The van der Waals surface area contributed by atoms with Gasteiger partial charge in [0.05, 0.1) is 11.2 Å². The summed E-state index contributed by atoms with van der Waals surface area (Å²) in [7, 11) is -0.179. The van der Waals surface area contributed by atoms with Gasteiger partial charge in [0.15, 0.2) is 0 Å². The van der Waals surface area contributed by atoms with Gasteiger partial charge in [0.1, 0.15) is 0 Å². The lowest BCUT2D eigenvalue weighted by Gasteiger charge is -2.32. The highest BCUT2D eigenvalue weighted by atomic mass is 16.7. The molecule has 3 heteroatoms. The Morgan fingerprint density at radius 1 is 1.29 bits per heavy atom. The summed E-state index contributed by atoms with van der Waals surface area (Å²) in [5.41, 5.74) is -0.517. The third kappa shape index (κ3) is 1.53. The maximum Gasteiger partial charge on any atom is 0.465 e. The lowest BCUT2D eigenvalue weighted by molar-refractivity contribution is 0.00578. The van der Waals surface area contributed by atoms with E-state index in [0.29, 0.717) is 0 Å². The quantitative estimate of drug-likeness (QED) is 0.473. The van der Waals surface area contributed by atoms with Crippen molar-refractivity contribution >= 4 is 7.12 Å². The van der Waals surface area contributed by atoms with E-state index in [-0.39, 0.29) is 30.5 Å². The highest BCUT2D eigenvalue weighted by Crippen LogP contribution is 2.42. The van der Waals surface area contributed by atoms with Gasteiger partial charge in [-0.05, 0) is 40.5 Å². The molecule has 0 bridgehead atoms. The van der Waals surface area contributed by atoms with Crippen LogP contribution in [-0.2, 0) is 9.31 Å². The SMILES string of the molecule is [2H][C@H]1C=C[C@@H](B2OC(C)(C)C(C)(C)O2)C1. The van der Waals surface area contributed by atoms with Crippen molar-refractivity contribution in [2.24, 2.45) is 0 Å². The van der Waals surface area contributed by atoms with Crippen molar-refractivity contribution < 1.29 is 10.7 Å². The number of hydrogen-bond donors (Lipinski definition) is 0. The predicted octanol–water partition coefficient (Wildman–Crippen LogP) is 2.80. The fraction of sp³-hybridized carbons (Fsp3) is 0.818. The summed E-state index contributed by atoms with van der Waals surface area (Å²) >= 11 is 0. The van der Waals surface area contributed by atoms with Crippen LogP contribution in [0.3, 0.4) is 0 Å². The summed E-state index contributed by atoms with van der Waals surface area (Å²) in [6.45, 7) is 8.24. The molecule has 0 amide bonds. The first-order chi connectivity index (χ1) is 6.82. The topological polar surface area (TPSA) is 18.5 Å². The fourth-order valence-corrected chi connectivity index (χ4v) is 1.80. The zero-order chi connectivity index (χ0) is 11.3. The van der Waals surface area contributed by atoms with Crippen LogP contribution in [0.5, 0.6) is 0 Å². The molecular formula is C11H19BO2. The van der Waals surface area contributed by atoms with Crippen LogP contribution in [0.15, 0.2) is 12.2 Å². The molecule has 1 fully saturated rings. The minimum absolute atomic E-state index is 0.0889. The lowest BCUT2D eigenvalue weighted by Crippen LogP contribution is -2.41. The molecule has 0 unspecified atom stereocenters. The minimum atomic E-state index is -0.258. The molecule has 1 aliphatic carbocycles. The zero-order valence-electron chi connectivity index (χ0n) is 10.4. The van der Waals surface area contributed by atoms with Crippen LogP contribution in [-0.4, -0.2) is 18.3 Å². The van der Waals surface area contributed by atoms with Crippen LogP contribution in [0.25, 0.3) is 0 Å². The normalized spacial score (nSPS) is 40.3. The van der Waals surface area contributed by atoms with Crippen molar-refractivity contribution in [3.05, 3.63) is 12.2 Å². The van der Waals surface area contributed by atoms with Gasteiger partial charge in [-0.1, -0.05) is 12.2 Å². The first kappa shape index (κ1) is 8.99. The lowest BCUT2D eigenvalue weighted by atomic mass is 9.72. The summed E-state index contributed by atoms with van der Waals surface area (Å²) < 4.78 is 19.5. The Labute approximate surface area is 88.2 Å². The van der Waals surface area contributed by atoms with Gasteiger partial charge in [-0.15, -0.1) is 0 Å². The average Bonchev–Trinajstić information content (AvgIpc) is 2.56. The van der Waals surface area contributed by atoms with Crippen LogP contribution >= 0.6 is 0 Å². The van der Waals surface area contributed by atoms with Gasteiger partial charge in [0.25, 0.3) is 0 Å².